The predicted octanol–water partition coefficient (Wildman–Crippen LogP) is 0.256. The maximum atomic E-state index is 9.33. The highest BCUT2D eigenvalue weighted by Crippen LogP contribution is 1.94. The SMILES string of the molecule is COCC(C)CNCCC(O)COC. The van der Waals surface area contributed by atoms with Gasteiger partial charge in [-0.25, -0.2) is 0 Å². The fraction of sp³-hybridized carbons (Fsp3) is 1.00. The number of hydrogen-bond donors (Lipinski definition) is 2. The molecule has 0 heterocycles. The first-order chi connectivity index (χ1) is 6.70. The van der Waals surface area contributed by atoms with Crippen molar-refractivity contribution >= 4 is 0 Å². The van der Waals surface area contributed by atoms with Crippen LogP contribution >= 0.6 is 0 Å². The zero-order valence-corrected chi connectivity index (χ0v) is 9.45. The highest BCUT2D eigenvalue weighted by Gasteiger charge is 2.03. The number of aliphatic hydroxyl groups excluding tert-OH is 1. The molecule has 0 aliphatic heterocycles. The van der Waals surface area contributed by atoms with E-state index in [0.29, 0.717) is 12.5 Å². The second-order valence-corrected chi connectivity index (χ2v) is 3.66. The van der Waals surface area contributed by atoms with Crippen LogP contribution in [-0.4, -0.2) is 51.7 Å². The van der Waals surface area contributed by atoms with E-state index in [1.165, 1.54) is 0 Å². The van der Waals surface area contributed by atoms with Gasteiger partial charge in [0.2, 0.25) is 0 Å². The van der Waals surface area contributed by atoms with E-state index in [1.807, 2.05) is 0 Å². The Morgan fingerprint density at radius 1 is 1.21 bits per heavy atom. The van der Waals surface area contributed by atoms with Crippen LogP contribution in [-0.2, 0) is 9.47 Å². The fourth-order valence-corrected chi connectivity index (χ4v) is 1.24. The summed E-state index contributed by atoms with van der Waals surface area (Å²) in [5.41, 5.74) is 0. The van der Waals surface area contributed by atoms with Crippen LogP contribution in [0.5, 0.6) is 0 Å². The quantitative estimate of drug-likeness (QED) is 0.530. The Balaban J connectivity index is 3.19. The van der Waals surface area contributed by atoms with Gasteiger partial charge in [0.25, 0.3) is 0 Å². The van der Waals surface area contributed by atoms with Crippen LogP contribution in [0.15, 0.2) is 0 Å². The molecule has 0 aromatic heterocycles. The van der Waals surface area contributed by atoms with Crippen molar-refractivity contribution in [3.63, 3.8) is 0 Å². The highest BCUT2D eigenvalue weighted by atomic mass is 16.5. The van der Waals surface area contributed by atoms with Crippen molar-refractivity contribution in [2.75, 3.05) is 40.5 Å². The van der Waals surface area contributed by atoms with Crippen LogP contribution in [0.1, 0.15) is 13.3 Å². The average molecular weight is 205 g/mol. The third-order valence-electron chi connectivity index (χ3n) is 1.96. The lowest BCUT2D eigenvalue weighted by Crippen LogP contribution is -2.28. The summed E-state index contributed by atoms with van der Waals surface area (Å²) in [5, 5.41) is 12.6. The van der Waals surface area contributed by atoms with Crippen LogP contribution in [0.3, 0.4) is 0 Å². The smallest absolute Gasteiger partial charge is 0.0785 e. The number of ether oxygens (including phenoxy) is 2. The molecule has 4 heteroatoms. The maximum absolute atomic E-state index is 9.33. The summed E-state index contributed by atoms with van der Waals surface area (Å²) >= 11 is 0. The minimum atomic E-state index is -0.356. The third-order valence-corrected chi connectivity index (χ3v) is 1.96. The van der Waals surface area contributed by atoms with Gasteiger partial charge < -0.3 is 19.9 Å². The minimum absolute atomic E-state index is 0.356. The first-order valence-corrected chi connectivity index (χ1v) is 5.07. The Hall–Kier alpha value is -0.160. The Labute approximate surface area is 86.6 Å². The maximum Gasteiger partial charge on any atom is 0.0785 e. The third kappa shape index (κ3) is 8.44. The number of nitrogens with one attached hydrogen (secondary N) is 1. The molecule has 0 saturated heterocycles. The first-order valence-electron chi connectivity index (χ1n) is 5.07. The number of hydrogen-bond acceptors (Lipinski definition) is 4. The van der Waals surface area contributed by atoms with E-state index < -0.39 is 0 Å². The molecule has 0 radical (unpaired) electrons. The van der Waals surface area contributed by atoms with E-state index in [-0.39, 0.29) is 6.10 Å². The lowest BCUT2D eigenvalue weighted by Gasteiger charge is -2.13. The summed E-state index contributed by atoms with van der Waals surface area (Å²) in [5.74, 6) is 0.513. The molecule has 0 rings (SSSR count). The Bertz CT molecular complexity index is 108. The van der Waals surface area contributed by atoms with Crippen molar-refractivity contribution < 1.29 is 14.6 Å². The van der Waals surface area contributed by atoms with E-state index in [1.54, 1.807) is 14.2 Å². The molecule has 0 spiro atoms. The zero-order valence-electron chi connectivity index (χ0n) is 9.45. The van der Waals surface area contributed by atoms with Gasteiger partial charge in [-0.3, -0.25) is 0 Å². The van der Waals surface area contributed by atoms with Crippen molar-refractivity contribution in [2.45, 2.75) is 19.4 Å². The van der Waals surface area contributed by atoms with Crippen LogP contribution < -0.4 is 5.32 Å². The van der Waals surface area contributed by atoms with Gasteiger partial charge in [0, 0.05) is 20.8 Å². The largest absolute Gasteiger partial charge is 0.391 e. The molecular formula is C10H23NO3. The predicted molar refractivity (Wildman–Crippen MR) is 56.4 cm³/mol. The minimum Gasteiger partial charge on any atom is -0.391 e. The van der Waals surface area contributed by atoms with Crippen molar-refractivity contribution in [2.24, 2.45) is 5.92 Å². The van der Waals surface area contributed by atoms with Gasteiger partial charge in [-0.1, -0.05) is 6.92 Å². The van der Waals surface area contributed by atoms with Crippen molar-refractivity contribution in [3.8, 4) is 0 Å². The van der Waals surface area contributed by atoms with E-state index in [2.05, 4.69) is 12.2 Å². The molecule has 86 valence electrons. The number of methoxy groups -OCH3 is 2. The van der Waals surface area contributed by atoms with Crippen LogP contribution in [0, 0.1) is 5.92 Å². The average Bonchev–Trinajstić information content (AvgIpc) is 2.13. The molecule has 0 aromatic rings. The molecule has 2 unspecified atom stereocenters. The van der Waals surface area contributed by atoms with E-state index in [4.69, 9.17) is 9.47 Å². The van der Waals surface area contributed by atoms with Gasteiger partial charge >= 0.3 is 0 Å². The molecule has 4 nitrogen and oxygen atoms in total. The Morgan fingerprint density at radius 2 is 1.86 bits per heavy atom. The molecule has 0 aromatic carbocycles. The molecule has 2 atom stereocenters. The Morgan fingerprint density at radius 3 is 2.43 bits per heavy atom. The summed E-state index contributed by atoms with van der Waals surface area (Å²) in [6, 6.07) is 0. The van der Waals surface area contributed by atoms with Gasteiger partial charge in [-0.05, 0) is 25.4 Å². The fourth-order valence-electron chi connectivity index (χ4n) is 1.24. The van der Waals surface area contributed by atoms with E-state index >= 15 is 0 Å². The molecule has 0 bridgehead atoms. The van der Waals surface area contributed by atoms with E-state index in [9.17, 15) is 5.11 Å². The van der Waals surface area contributed by atoms with Crippen LogP contribution in [0.4, 0.5) is 0 Å². The summed E-state index contributed by atoms with van der Waals surface area (Å²) in [7, 11) is 3.30. The molecular weight excluding hydrogens is 182 g/mol. The molecule has 0 aliphatic carbocycles. The molecule has 14 heavy (non-hydrogen) atoms. The summed E-state index contributed by atoms with van der Waals surface area (Å²) in [6.07, 6.45) is 0.373. The normalized spacial score (nSPS) is 15.4. The van der Waals surface area contributed by atoms with Gasteiger partial charge in [0.15, 0.2) is 0 Å². The van der Waals surface area contributed by atoms with Crippen molar-refractivity contribution in [1.82, 2.24) is 5.32 Å². The summed E-state index contributed by atoms with van der Waals surface area (Å²) in [4.78, 5) is 0. The Kier molecular flexibility index (Phi) is 9.29. The number of aliphatic hydroxyl groups is 1. The van der Waals surface area contributed by atoms with Gasteiger partial charge in [-0.15, -0.1) is 0 Å². The molecule has 0 saturated carbocycles. The second-order valence-electron chi connectivity index (χ2n) is 3.66. The standard InChI is InChI=1S/C10H23NO3/c1-9(7-13-2)6-11-5-4-10(12)8-14-3/h9-12H,4-8H2,1-3H3. The van der Waals surface area contributed by atoms with Gasteiger partial charge in [-0.2, -0.15) is 0 Å². The number of rotatable bonds is 9. The van der Waals surface area contributed by atoms with Gasteiger partial charge in [0.1, 0.15) is 0 Å². The van der Waals surface area contributed by atoms with E-state index in [0.717, 1.165) is 26.1 Å². The van der Waals surface area contributed by atoms with Crippen molar-refractivity contribution in [1.29, 1.82) is 0 Å². The lowest BCUT2D eigenvalue weighted by atomic mass is 10.2. The molecule has 0 fully saturated rings. The summed E-state index contributed by atoms with van der Waals surface area (Å²) < 4.78 is 9.83. The first kappa shape index (κ1) is 13.8. The summed E-state index contributed by atoms with van der Waals surface area (Å²) in [6.45, 7) is 5.05. The topological polar surface area (TPSA) is 50.7 Å². The molecule has 2 N–H and O–H groups in total. The van der Waals surface area contributed by atoms with Crippen LogP contribution in [0.2, 0.25) is 0 Å². The molecule has 0 amide bonds. The lowest BCUT2D eigenvalue weighted by molar-refractivity contribution is 0.0591. The molecule has 0 aliphatic rings. The second kappa shape index (κ2) is 9.40. The van der Waals surface area contributed by atoms with Gasteiger partial charge in [0.05, 0.1) is 12.7 Å². The van der Waals surface area contributed by atoms with Crippen molar-refractivity contribution in [3.05, 3.63) is 0 Å². The van der Waals surface area contributed by atoms with Crippen LogP contribution in [0.25, 0.3) is 0 Å². The highest BCUT2D eigenvalue weighted by molar-refractivity contribution is 4.59. The zero-order chi connectivity index (χ0) is 10.8. The monoisotopic (exact) mass is 205 g/mol.